The summed E-state index contributed by atoms with van der Waals surface area (Å²) in [6.45, 7) is 0.315. The molecule has 0 bridgehead atoms. The van der Waals surface area contributed by atoms with Gasteiger partial charge in [0.05, 0.1) is 29.5 Å². The van der Waals surface area contributed by atoms with Gasteiger partial charge in [-0.2, -0.15) is 5.26 Å². The minimum Gasteiger partial charge on any atom is -0.497 e. The van der Waals surface area contributed by atoms with Crippen LogP contribution in [-0.2, 0) is 6.54 Å². The lowest BCUT2D eigenvalue weighted by Gasteiger charge is -2.10. The van der Waals surface area contributed by atoms with Crippen molar-refractivity contribution < 1.29 is 9.53 Å². The maximum absolute atomic E-state index is 11.9. The normalized spacial score (nSPS) is 9.68. The van der Waals surface area contributed by atoms with Gasteiger partial charge < -0.3 is 15.4 Å². The third-order valence-electron chi connectivity index (χ3n) is 2.93. The molecule has 2 aromatic rings. The van der Waals surface area contributed by atoms with Crippen LogP contribution in [0.15, 0.2) is 42.5 Å². The van der Waals surface area contributed by atoms with Crippen molar-refractivity contribution in [2.45, 2.75) is 6.54 Å². The SMILES string of the molecule is COc1ccc(NC(=O)NCc2cccc(C#N)c2)c(Cl)c1. The van der Waals surface area contributed by atoms with E-state index in [-0.39, 0.29) is 6.03 Å². The van der Waals surface area contributed by atoms with E-state index in [0.29, 0.717) is 28.6 Å². The fourth-order valence-electron chi connectivity index (χ4n) is 1.82. The van der Waals surface area contributed by atoms with Crippen molar-refractivity contribution >= 4 is 23.3 Å². The van der Waals surface area contributed by atoms with E-state index in [0.717, 1.165) is 5.56 Å². The highest BCUT2D eigenvalue weighted by atomic mass is 35.5. The van der Waals surface area contributed by atoms with Crippen molar-refractivity contribution in [2.24, 2.45) is 0 Å². The minimum absolute atomic E-state index is 0.315. The number of hydrogen-bond acceptors (Lipinski definition) is 3. The van der Waals surface area contributed by atoms with Crippen molar-refractivity contribution in [1.82, 2.24) is 5.32 Å². The number of urea groups is 1. The number of carbonyl (C=O) groups is 1. The molecule has 0 saturated heterocycles. The second kappa shape index (κ2) is 7.34. The molecule has 0 heterocycles. The largest absolute Gasteiger partial charge is 0.497 e. The van der Waals surface area contributed by atoms with Gasteiger partial charge in [-0.25, -0.2) is 4.79 Å². The Kier molecular flexibility index (Phi) is 5.23. The molecule has 0 radical (unpaired) electrons. The highest BCUT2D eigenvalue weighted by molar-refractivity contribution is 6.33. The summed E-state index contributed by atoms with van der Waals surface area (Å²) in [6, 6.07) is 13.7. The first-order valence-corrected chi connectivity index (χ1v) is 6.87. The number of hydrogen-bond donors (Lipinski definition) is 2. The number of carbonyl (C=O) groups excluding carboxylic acids is 1. The highest BCUT2D eigenvalue weighted by Gasteiger charge is 2.06. The van der Waals surface area contributed by atoms with E-state index in [1.54, 1.807) is 43.5 Å². The van der Waals surface area contributed by atoms with Crippen LogP contribution in [0, 0.1) is 11.3 Å². The maximum Gasteiger partial charge on any atom is 0.319 e. The number of ether oxygens (including phenoxy) is 1. The Morgan fingerprint density at radius 2 is 2.14 bits per heavy atom. The Morgan fingerprint density at radius 3 is 2.82 bits per heavy atom. The second-order valence-corrected chi connectivity index (χ2v) is 4.87. The Bertz CT molecular complexity index is 726. The van der Waals surface area contributed by atoms with E-state index < -0.39 is 0 Å². The number of amides is 2. The Morgan fingerprint density at radius 1 is 1.32 bits per heavy atom. The third kappa shape index (κ3) is 4.14. The summed E-state index contributed by atoms with van der Waals surface area (Å²) in [6.07, 6.45) is 0. The predicted molar refractivity (Wildman–Crippen MR) is 85.0 cm³/mol. The van der Waals surface area contributed by atoms with Gasteiger partial charge in [-0.3, -0.25) is 0 Å². The van der Waals surface area contributed by atoms with Crippen molar-refractivity contribution in [3.63, 3.8) is 0 Å². The van der Waals surface area contributed by atoms with Gasteiger partial charge in [0.25, 0.3) is 0 Å². The zero-order valence-corrected chi connectivity index (χ0v) is 12.6. The lowest BCUT2D eigenvalue weighted by Crippen LogP contribution is -2.28. The molecule has 0 aromatic heterocycles. The molecule has 2 amide bonds. The average molecular weight is 316 g/mol. The summed E-state index contributed by atoms with van der Waals surface area (Å²) in [5.74, 6) is 0.615. The number of benzene rings is 2. The van der Waals surface area contributed by atoms with Crippen LogP contribution in [-0.4, -0.2) is 13.1 Å². The van der Waals surface area contributed by atoms with Gasteiger partial charge in [0.1, 0.15) is 5.75 Å². The molecule has 0 aliphatic carbocycles. The molecule has 5 nitrogen and oxygen atoms in total. The van der Waals surface area contributed by atoms with Gasteiger partial charge in [-0.05, 0) is 29.8 Å². The molecule has 2 N–H and O–H groups in total. The van der Waals surface area contributed by atoms with E-state index in [2.05, 4.69) is 16.7 Å². The Hall–Kier alpha value is -2.71. The van der Waals surface area contributed by atoms with E-state index in [1.165, 1.54) is 0 Å². The van der Waals surface area contributed by atoms with Crippen LogP contribution >= 0.6 is 11.6 Å². The van der Waals surface area contributed by atoms with Gasteiger partial charge in [0.15, 0.2) is 0 Å². The monoisotopic (exact) mass is 315 g/mol. The summed E-state index contributed by atoms with van der Waals surface area (Å²) in [5, 5.41) is 14.6. The van der Waals surface area contributed by atoms with Gasteiger partial charge in [0.2, 0.25) is 0 Å². The summed E-state index contributed by atoms with van der Waals surface area (Å²) in [5.41, 5.74) is 1.89. The zero-order chi connectivity index (χ0) is 15.9. The summed E-state index contributed by atoms with van der Waals surface area (Å²) in [7, 11) is 1.54. The fraction of sp³-hybridized carbons (Fsp3) is 0.125. The number of nitriles is 1. The number of nitrogens with one attached hydrogen (secondary N) is 2. The molecule has 0 fully saturated rings. The number of anilines is 1. The molecule has 2 rings (SSSR count). The minimum atomic E-state index is -0.380. The lowest BCUT2D eigenvalue weighted by atomic mass is 10.1. The van der Waals surface area contributed by atoms with Crippen LogP contribution < -0.4 is 15.4 Å². The first-order chi connectivity index (χ1) is 10.6. The predicted octanol–water partition coefficient (Wildman–Crippen LogP) is 3.54. The molecule has 0 unspecified atom stereocenters. The molecular formula is C16H14ClN3O2. The van der Waals surface area contributed by atoms with Crippen molar-refractivity contribution in [2.75, 3.05) is 12.4 Å². The zero-order valence-electron chi connectivity index (χ0n) is 11.9. The number of nitrogens with zero attached hydrogens (tertiary/aromatic N) is 1. The topological polar surface area (TPSA) is 74.2 Å². The summed E-state index contributed by atoms with van der Waals surface area (Å²) < 4.78 is 5.04. The lowest BCUT2D eigenvalue weighted by molar-refractivity contribution is 0.251. The van der Waals surface area contributed by atoms with E-state index in [1.807, 2.05) is 6.07 Å². The van der Waals surface area contributed by atoms with Crippen LogP contribution in [0.4, 0.5) is 10.5 Å². The first-order valence-electron chi connectivity index (χ1n) is 6.50. The molecule has 112 valence electrons. The molecule has 0 spiro atoms. The van der Waals surface area contributed by atoms with Crippen LogP contribution in [0.2, 0.25) is 5.02 Å². The first kappa shape index (κ1) is 15.7. The van der Waals surface area contributed by atoms with E-state index in [9.17, 15) is 4.79 Å². The molecule has 0 atom stereocenters. The number of halogens is 1. The smallest absolute Gasteiger partial charge is 0.319 e. The fourth-order valence-corrected chi connectivity index (χ4v) is 2.04. The Labute approximate surface area is 133 Å². The van der Waals surface area contributed by atoms with Gasteiger partial charge in [-0.1, -0.05) is 23.7 Å². The number of rotatable bonds is 4. The van der Waals surface area contributed by atoms with Gasteiger partial charge >= 0.3 is 6.03 Å². The van der Waals surface area contributed by atoms with E-state index >= 15 is 0 Å². The summed E-state index contributed by atoms with van der Waals surface area (Å²) >= 11 is 6.05. The summed E-state index contributed by atoms with van der Waals surface area (Å²) in [4.78, 5) is 11.9. The third-order valence-corrected chi connectivity index (χ3v) is 3.25. The quantitative estimate of drug-likeness (QED) is 0.906. The van der Waals surface area contributed by atoms with Crippen molar-refractivity contribution in [1.29, 1.82) is 5.26 Å². The van der Waals surface area contributed by atoms with Crippen molar-refractivity contribution in [3.05, 3.63) is 58.6 Å². The molecule has 22 heavy (non-hydrogen) atoms. The molecule has 6 heteroatoms. The Balaban J connectivity index is 1.94. The van der Waals surface area contributed by atoms with Gasteiger partial charge in [0, 0.05) is 12.6 Å². The molecule has 0 saturated carbocycles. The van der Waals surface area contributed by atoms with Crippen LogP contribution in [0.3, 0.4) is 0 Å². The van der Waals surface area contributed by atoms with E-state index in [4.69, 9.17) is 21.6 Å². The molecule has 0 aliphatic heterocycles. The van der Waals surface area contributed by atoms with Crippen LogP contribution in [0.1, 0.15) is 11.1 Å². The highest BCUT2D eigenvalue weighted by Crippen LogP contribution is 2.26. The molecule has 0 aliphatic rings. The second-order valence-electron chi connectivity index (χ2n) is 4.47. The van der Waals surface area contributed by atoms with Crippen molar-refractivity contribution in [3.8, 4) is 11.8 Å². The number of methoxy groups -OCH3 is 1. The van der Waals surface area contributed by atoms with Crippen LogP contribution in [0.5, 0.6) is 5.75 Å². The molecule has 2 aromatic carbocycles. The molecular weight excluding hydrogens is 302 g/mol. The van der Waals surface area contributed by atoms with Crippen LogP contribution in [0.25, 0.3) is 0 Å². The average Bonchev–Trinajstić information content (AvgIpc) is 2.55. The maximum atomic E-state index is 11.9. The standard InChI is InChI=1S/C16H14ClN3O2/c1-22-13-5-6-15(14(17)8-13)20-16(21)19-10-12-4-2-3-11(7-12)9-18/h2-8H,10H2,1H3,(H2,19,20,21). The van der Waals surface area contributed by atoms with Gasteiger partial charge in [-0.15, -0.1) is 0 Å².